The molecule has 4 rings (SSSR count). The molecule has 0 spiro atoms. The van der Waals surface area contributed by atoms with Gasteiger partial charge >= 0.3 is 0 Å². The molecule has 0 aliphatic carbocycles. The second kappa shape index (κ2) is 10.7. The summed E-state index contributed by atoms with van der Waals surface area (Å²) >= 11 is 7.29. The van der Waals surface area contributed by atoms with Crippen LogP contribution in [0, 0.1) is 0 Å². The minimum atomic E-state index is -0.351. The molecule has 0 fully saturated rings. The highest BCUT2D eigenvalue weighted by molar-refractivity contribution is 7.15. The maximum absolute atomic E-state index is 12.8. The van der Waals surface area contributed by atoms with Crippen molar-refractivity contribution in [3.8, 4) is 11.5 Å². The summed E-state index contributed by atoms with van der Waals surface area (Å²) < 4.78 is 5.85. The lowest BCUT2D eigenvalue weighted by molar-refractivity contribution is 0.0953. The van der Waals surface area contributed by atoms with E-state index in [0.717, 1.165) is 0 Å². The molecule has 2 N–H and O–H groups in total. The number of anilines is 1. The van der Waals surface area contributed by atoms with Gasteiger partial charge in [0.25, 0.3) is 11.8 Å². The second-order valence-corrected chi connectivity index (χ2v) is 8.32. The van der Waals surface area contributed by atoms with Gasteiger partial charge in [-0.05, 0) is 36.4 Å². The van der Waals surface area contributed by atoms with Crippen LogP contribution in [0.25, 0.3) is 0 Å². The van der Waals surface area contributed by atoms with E-state index in [9.17, 15) is 9.59 Å². The number of carbonyl (C=O) groups excluding carboxylic acids is 2. The summed E-state index contributed by atoms with van der Waals surface area (Å²) in [6.07, 6.45) is 0.470. The number of ether oxygens (including phenoxy) is 1. The van der Waals surface area contributed by atoms with Crippen LogP contribution in [0.2, 0.25) is 5.02 Å². The number of aromatic nitrogens is 2. The summed E-state index contributed by atoms with van der Waals surface area (Å²) in [7, 11) is 0. The van der Waals surface area contributed by atoms with E-state index < -0.39 is 0 Å². The lowest BCUT2D eigenvalue weighted by Gasteiger charge is -2.10. The SMILES string of the molecule is O=C(NCCc1nnc(NC(=O)c2ccccc2Oc2ccccc2)s1)c1ccccc1Cl. The molecule has 0 aliphatic rings. The summed E-state index contributed by atoms with van der Waals surface area (Å²) in [5, 5.41) is 15.1. The Morgan fingerprint density at radius 2 is 1.55 bits per heavy atom. The van der Waals surface area contributed by atoms with Gasteiger partial charge in [0.05, 0.1) is 16.1 Å². The molecule has 0 radical (unpaired) electrons. The molecule has 0 atom stereocenters. The van der Waals surface area contributed by atoms with Crippen LogP contribution >= 0.6 is 22.9 Å². The highest BCUT2D eigenvalue weighted by Gasteiger charge is 2.16. The molecule has 33 heavy (non-hydrogen) atoms. The number of rotatable bonds is 8. The zero-order valence-electron chi connectivity index (χ0n) is 17.3. The molecule has 0 bridgehead atoms. The van der Waals surface area contributed by atoms with Gasteiger partial charge in [-0.25, -0.2) is 0 Å². The molecule has 9 heteroatoms. The van der Waals surface area contributed by atoms with Gasteiger partial charge in [-0.1, -0.05) is 65.4 Å². The second-order valence-electron chi connectivity index (χ2n) is 6.85. The van der Waals surface area contributed by atoms with E-state index in [1.54, 1.807) is 48.5 Å². The molecule has 0 saturated heterocycles. The van der Waals surface area contributed by atoms with E-state index in [2.05, 4.69) is 20.8 Å². The van der Waals surface area contributed by atoms with Gasteiger partial charge in [0.2, 0.25) is 5.13 Å². The average molecular weight is 479 g/mol. The molecule has 1 aromatic heterocycles. The van der Waals surface area contributed by atoms with E-state index >= 15 is 0 Å². The summed E-state index contributed by atoms with van der Waals surface area (Å²) in [4.78, 5) is 25.0. The number of para-hydroxylation sites is 2. The Kier molecular flexibility index (Phi) is 7.29. The van der Waals surface area contributed by atoms with Crippen LogP contribution in [0.4, 0.5) is 5.13 Å². The molecule has 0 aliphatic heterocycles. The van der Waals surface area contributed by atoms with E-state index in [4.69, 9.17) is 16.3 Å². The first kappa shape index (κ1) is 22.4. The van der Waals surface area contributed by atoms with Gasteiger partial charge in [0.15, 0.2) is 0 Å². The summed E-state index contributed by atoms with van der Waals surface area (Å²) in [5.74, 6) is 0.466. The third-order valence-corrected chi connectivity index (χ3v) is 5.76. The molecule has 3 aromatic carbocycles. The number of nitrogens with one attached hydrogen (secondary N) is 2. The first-order valence-corrected chi connectivity index (χ1v) is 11.3. The third kappa shape index (κ3) is 5.94. The van der Waals surface area contributed by atoms with Gasteiger partial charge in [0, 0.05) is 13.0 Å². The number of halogens is 1. The van der Waals surface area contributed by atoms with E-state index in [-0.39, 0.29) is 11.8 Å². The van der Waals surface area contributed by atoms with E-state index in [1.807, 2.05) is 30.3 Å². The maximum atomic E-state index is 12.8. The Morgan fingerprint density at radius 3 is 2.33 bits per heavy atom. The summed E-state index contributed by atoms with van der Waals surface area (Å²) in [6.45, 7) is 0.361. The molecule has 166 valence electrons. The predicted molar refractivity (Wildman–Crippen MR) is 128 cm³/mol. The first-order valence-electron chi connectivity index (χ1n) is 10.1. The highest BCUT2D eigenvalue weighted by atomic mass is 35.5. The van der Waals surface area contributed by atoms with Crippen LogP contribution in [-0.4, -0.2) is 28.6 Å². The van der Waals surface area contributed by atoms with Gasteiger partial charge in [0.1, 0.15) is 16.5 Å². The zero-order chi connectivity index (χ0) is 23.0. The summed E-state index contributed by atoms with van der Waals surface area (Å²) in [6, 6.07) is 23.1. The Labute approximate surface area is 199 Å². The Balaban J connectivity index is 1.34. The highest BCUT2D eigenvalue weighted by Crippen LogP contribution is 2.26. The van der Waals surface area contributed by atoms with Gasteiger partial charge in [-0.2, -0.15) is 0 Å². The number of benzene rings is 3. The molecular formula is C24H19ClN4O3S. The zero-order valence-corrected chi connectivity index (χ0v) is 18.9. The number of hydrogen-bond donors (Lipinski definition) is 2. The minimum absolute atomic E-state index is 0.256. The lowest BCUT2D eigenvalue weighted by atomic mass is 10.2. The van der Waals surface area contributed by atoms with Crippen LogP contribution < -0.4 is 15.4 Å². The van der Waals surface area contributed by atoms with Crippen molar-refractivity contribution >= 4 is 39.9 Å². The summed E-state index contributed by atoms with van der Waals surface area (Å²) in [5.41, 5.74) is 0.797. The number of carbonyl (C=O) groups is 2. The predicted octanol–water partition coefficient (Wildman–Crippen LogP) is 5.21. The molecular weight excluding hydrogens is 460 g/mol. The fraction of sp³-hybridized carbons (Fsp3) is 0.0833. The average Bonchev–Trinajstić information content (AvgIpc) is 3.27. The van der Waals surface area contributed by atoms with Gasteiger partial charge < -0.3 is 10.1 Å². The van der Waals surface area contributed by atoms with Crippen LogP contribution in [-0.2, 0) is 6.42 Å². The molecule has 1 heterocycles. The largest absolute Gasteiger partial charge is 0.457 e. The van der Waals surface area contributed by atoms with Crippen molar-refractivity contribution in [1.29, 1.82) is 0 Å². The van der Waals surface area contributed by atoms with Crippen molar-refractivity contribution in [2.75, 3.05) is 11.9 Å². The minimum Gasteiger partial charge on any atom is -0.457 e. The molecule has 0 saturated carbocycles. The first-order chi connectivity index (χ1) is 16.1. The molecule has 7 nitrogen and oxygen atoms in total. The fourth-order valence-electron chi connectivity index (χ4n) is 2.95. The Bertz CT molecular complexity index is 1260. The van der Waals surface area contributed by atoms with Gasteiger partial charge in [-0.3, -0.25) is 14.9 Å². The number of hydrogen-bond acceptors (Lipinski definition) is 6. The number of amides is 2. The van der Waals surface area contributed by atoms with E-state index in [1.165, 1.54) is 11.3 Å². The fourth-order valence-corrected chi connectivity index (χ4v) is 3.91. The van der Waals surface area contributed by atoms with Crippen molar-refractivity contribution in [2.24, 2.45) is 0 Å². The van der Waals surface area contributed by atoms with Gasteiger partial charge in [-0.15, -0.1) is 10.2 Å². The smallest absolute Gasteiger partial charge is 0.261 e. The van der Waals surface area contributed by atoms with Crippen LogP contribution in [0.3, 0.4) is 0 Å². The normalized spacial score (nSPS) is 10.5. The monoisotopic (exact) mass is 478 g/mol. The molecule has 0 unspecified atom stereocenters. The van der Waals surface area contributed by atoms with E-state index in [0.29, 0.717) is 50.8 Å². The van der Waals surface area contributed by atoms with Crippen molar-refractivity contribution < 1.29 is 14.3 Å². The molecule has 4 aromatic rings. The Hall–Kier alpha value is -3.75. The number of nitrogens with zero attached hydrogens (tertiary/aromatic N) is 2. The van der Waals surface area contributed by atoms with Crippen molar-refractivity contribution in [3.05, 3.63) is 100 Å². The third-order valence-electron chi connectivity index (χ3n) is 4.53. The quantitative estimate of drug-likeness (QED) is 0.362. The molecule has 2 amide bonds. The van der Waals surface area contributed by atoms with Crippen molar-refractivity contribution in [3.63, 3.8) is 0 Å². The van der Waals surface area contributed by atoms with Crippen molar-refractivity contribution in [2.45, 2.75) is 6.42 Å². The standard InChI is InChI=1S/C24H19ClN4O3S/c25-19-12-6-4-10-17(19)22(30)26-15-14-21-28-29-24(33-21)27-23(31)18-11-5-7-13-20(18)32-16-8-2-1-3-9-16/h1-13H,14-15H2,(H,26,30)(H,27,29,31). The Morgan fingerprint density at radius 1 is 0.848 bits per heavy atom. The maximum Gasteiger partial charge on any atom is 0.261 e. The topological polar surface area (TPSA) is 93.2 Å². The van der Waals surface area contributed by atoms with Crippen LogP contribution in [0.15, 0.2) is 78.9 Å². The van der Waals surface area contributed by atoms with Crippen molar-refractivity contribution in [1.82, 2.24) is 15.5 Å². The van der Waals surface area contributed by atoms with Crippen LogP contribution in [0.1, 0.15) is 25.7 Å². The lowest BCUT2D eigenvalue weighted by Crippen LogP contribution is -2.25. The van der Waals surface area contributed by atoms with Crippen LogP contribution in [0.5, 0.6) is 11.5 Å².